The summed E-state index contributed by atoms with van der Waals surface area (Å²) in [5.41, 5.74) is 1.28. The number of carbonyl (C=O) groups excluding carboxylic acids is 2. The molecular formula is C19H21NO5S. The van der Waals surface area contributed by atoms with Crippen molar-refractivity contribution in [2.45, 2.75) is 24.3 Å². The van der Waals surface area contributed by atoms with Crippen LogP contribution in [-0.2, 0) is 25.8 Å². The molecule has 0 aliphatic rings. The lowest BCUT2D eigenvalue weighted by Crippen LogP contribution is -2.36. The first kappa shape index (κ1) is 19.7. The topological polar surface area (TPSA) is 89.5 Å². The fourth-order valence-corrected chi connectivity index (χ4v) is 2.87. The van der Waals surface area contributed by atoms with E-state index in [4.69, 9.17) is 4.74 Å². The number of sulfone groups is 1. The second-order valence-electron chi connectivity index (χ2n) is 5.87. The van der Waals surface area contributed by atoms with Crippen LogP contribution in [0.4, 0.5) is 0 Å². The summed E-state index contributed by atoms with van der Waals surface area (Å²) in [4.78, 5) is 24.2. The molecule has 0 saturated carbocycles. The van der Waals surface area contributed by atoms with Crippen LogP contribution in [0.25, 0.3) is 0 Å². The van der Waals surface area contributed by atoms with Crippen molar-refractivity contribution >= 4 is 21.7 Å². The van der Waals surface area contributed by atoms with Crippen LogP contribution >= 0.6 is 0 Å². The van der Waals surface area contributed by atoms with Gasteiger partial charge in [-0.2, -0.15) is 0 Å². The lowest BCUT2D eigenvalue weighted by atomic mass is 10.1. The molecule has 0 aliphatic heterocycles. The molecule has 7 heteroatoms. The minimum Gasteiger partial charge on any atom is -0.449 e. The van der Waals surface area contributed by atoms with Gasteiger partial charge in [-0.15, -0.1) is 0 Å². The second kappa shape index (κ2) is 8.62. The van der Waals surface area contributed by atoms with Crippen LogP contribution in [0.2, 0.25) is 0 Å². The minimum absolute atomic E-state index is 0.112. The molecule has 26 heavy (non-hydrogen) atoms. The Balaban J connectivity index is 1.84. The highest BCUT2D eigenvalue weighted by Gasteiger charge is 2.19. The van der Waals surface area contributed by atoms with Crippen molar-refractivity contribution in [2.24, 2.45) is 0 Å². The summed E-state index contributed by atoms with van der Waals surface area (Å²) in [6, 6.07) is 15.1. The zero-order valence-electron chi connectivity index (χ0n) is 14.6. The van der Waals surface area contributed by atoms with Crippen LogP contribution in [0, 0.1) is 0 Å². The number of hydrogen-bond acceptors (Lipinski definition) is 5. The summed E-state index contributed by atoms with van der Waals surface area (Å²) in [6.45, 7) is 1.93. The number of amides is 1. The average molecular weight is 375 g/mol. The average Bonchev–Trinajstić information content (AvgIpc) is 2.61. The van der Waals surface area contributed by atoms with E-state index < -0.39 is 21.9 Å². The van der Waals surface area contributed by atoms with Gasteiger partial charge in [0.25, 0.3) is 5.91 Å². The molecule has 138 valence electrons. The van der Waals surface area contributed by atoms with Crippen molar-refractivity contribution in [3.63, 3.8) is 0 Å². The Kier molecular flexibility index (Phi) is 6.52. The van der Waals surface area contributed by atoms with Crippen LogP contribution < -0.4 is 5.32 Å². The van der Waals surface area contributed by atoms with Gasteiger partial charge in [-0.1, -0.05) is 30.3 Å². The van der Waals surface area contributed by atoms with Gasteiger partial charge in [0.15, 0.2) is 15.9 Å². The summed E-state index contributed by atoms with van der Waals surface area (Å²) in [6.07, 6.45) is 0.815. The number of esters is 1. The number of nitrogens with one attached hydrogen (secondary N) is 1. The molecule has 0 unspecified atom stereocenters. The van der Waals surface area contributed by atoms with E-state index in [1.54, 1.807) is 0 Å². The van der Waals surface area contributed by atoms with E-state index in [1.165, 1.54) is 31.2 Å². The standard InChI is InChI=1S/C19H21NO5S/c1-14(18(21)20-13-12-15-6-4-3-5-7-15)25-19(22)16-8-10-17(11-9-16)26(2,23)24/h3-11,14H,12-13H2,1-2H3,(H,20,21)/t14-/m0/s1. The Morgan fingerprint density at radius 2 is 1.65 bits per heavy atom. The molecule has 2 aromatic rings. The van der Waals surface area contributed by atoms with E-state index in [2.05, 4.69) is 5.32 Å². The maximum Gasteiger partial charge on any atom is 0.338 e. The molecule has 2 rings (SSSR count). The fraction of sp³-hybridized carbons (Fsp3) is 0.263. The van der Waals surface area contributed by atoms with Gasteiger partial charge >= 0.3 is 5.97 Å². The lowest BCUT2D eigenvalue weighted by Gasteiger charge is -2.13. The van der Waals surface area contributed by atoms with E-state index in [9.17, 15) is 18.0 Å². The van der Waals surface area contributed by atoms with Crippen LogP contribution in [0.3, 0.4) is 0 Å². The Morgan fingerprint density at radius 3 is 2.23 bits per heavy atom. The number of rotatable bonds is 7. The molecule has 2 aromatic carbocycles. The predicted molar refractivity (Wildman–Crippen MR) is 97.6 cm³/mol. The van der Waals surface area contributed by atoms with Crippen molar-refractivity contribution < 1.29 is 22.7 Å². The van der Waals surface area contributed by atoms with Crippen LogP contribution in [0.15, 0.2) is 59.5 Å². The summed E-state index contributed by atoms with van der Waals surface area (Å²) in [5, 5.41) is 2.72. The van der Waals surface area contributed by atoms with Crippen molar-refractivity contribution in [1.82, 2.24) is 5.32 Å². The molecule has 1 atom stereocenters. The van der Waals surface area contributed by atoms with Gasteiger partial charge in [-0.25, -0.2) is 13.2 Å². The Labute approximate surface area is 153 Å². The van der Waals surface area contributed by atoms with Crippen LogP contribution in [0.5, 0.6) is 0 Å². The van der Waals surface area contributed by atoms with Crippen LogP contribution in [-0.4, -0.2) is 39.2 Å². The van der Waals surface area contributed by atoms with E-state index in [-0.39, 0.29) is 16.4 Å². The van der Waals surface area contributed by atoms with Crippen molar-refractivity contribution in [2.75, 3.05) is 12.8 Å². The normalized spacial score (nSPS) is 12.2. The Bertz CT molecular complexity index is 861. The quantitative estimate of drug-likeness (QED) is 0.748. The van der Waals surface area contributed by atoms with Gasteiger partial charge < -0.3 is 10.1 Å². The number of benzene rings is 2. The monoisotopic (exact) mass is 375 g/mol. The van der Waals surface area contributed by atoms with Gasteiger partial charge in [0.1, 0.15) is 0 Å². The summed E-state index contributed by atoms with van der Waals surface area (Å²) in [7, 11) is -3.33. The third kappa shape index (κ3) is 5.70. The van der Waals surface area contributed by atoms with E-state index in [1.807, 2.05) is 30.3 Å². The Morgan fingerprint density at radius 1 is 1.04 bits per heavy atom. The first-order chi connectivity index (χ1) is 12.3. The molecule has 0 saturated heterocycles. The minimum atomic E-state index is -3.33. The van der Waals surface area contributed by atoms with Crippen molar-refractivity contribution in [3.05, 3.63) is 65.7 Å². The third-order valence-electron chi connectivity index (χ3n) is 3.73. The molecular weight excluding hydrogens is 354 g/mol. The van der Waals surface area contributed by atoms with Gasteiger partial charge in [0.05, 0.1) is 10.5 Å². The van der Waals surface area contributed by atoms with Crippen LogP contribution in [0.1, 0.15) is 22.8 Å². The highest BCUT2D eigenvalue weighted by Crippen LogP contribution is 2.12. The number of ether oxygens (including phenoxy) is 1. The summed E-state index contributed by atoms with van der Waals surface area (Å²) < 4.78 is 28.0. The number of carbonyl (C=O) groups is 2. The van der Waals surface area contributed by atoms with Gasteiger partial charge in [-0.05, 0) is 43.2 Å². The van der Waals surface area contributed by atoms with E-state index >= 15 is 0 Å². The molecule has 0 bridgehead atoms. The molecule has 0 fully saturated rings. The smallest absolute Gasteiger partial charge is 0.338 e. The molecule has 1 amide bonds. The number of hydrogen-bond donors (Lipinski definition) is 1. The summed E-state index contributed by atoms with van der Waals surface area (Å²) in [5.74, 6) is -1.07. The second-order valence-corrected chi connectivity index (χ2v) is 7.89. The molecule has 0 aliphatic carbocycles. The predicted octanol–water partition coefficient (Wildman–Crippen LogP) is 1.99. The molecule has 1 N–H and O–H groups in total. The molecule has 6 nitrogen and oxygen atoms in total. The van der Waals surface area contributed by atoms with E-state index in [0.29, 0.717) is 13.0 Å². The first-order valence-electron chi connectivity index (χ1n) is 8.10. The lowest BCUT2D eigenvalue weighted by molar-refractivity contribution is -0.129. The maximum atomic E-state index is 12.1. The zero-order chi connectivity index (χ0) is 19.2. The highest BCUT2D eigenvalue weighted by molar-refractivity contribution is 7.90. The Hall–Kier alpha value is -2.67. The first-order valence-corrected chi connectivity index (χ1v) is 9.99. The van der Waals surface area contributed by atoms with E-state index in [0.717, 1.165) is 11.8 Å². The summed E-state index contributed by atoms with van der Waals surface area (Å²) >= 11 is 0. The van der Waals surface area contributed by atoms with Crippen molar-refractivity contribution in [3.8, 4) is 0 Å². The van der Waals surface area contributed by atoms with Gasteiger partial charge in [0.2, 0.25) is 0 Å². The highest BCUT2D eigenvalue weighted by atomic mass is 32.2. The fourth-order valence-electron chi connectivity index (χ4n) is 2.24. The maximum absolute atomic E-state index is 12.1. The molecule has 0 aromatic heterocycles. The zero-order valence-corrected chi connectivity index (χ0v) is 15.5. The van der Waals surface area contributed by atoms with Crippen molar-refractivity contribution in [1.29, 1.82) is 0 Å². The largest absolute Gasteiger partial charge is 0.449 e. The molecule has 0 radical (unpaired) electrons. The van der Waals surface area contributed by atoms with Gasteiger partial charge in [-0.3, -0.25) is 4.79 Å². The molecule has 0 heterocycles. The van der Waals surface area contributed by atoms with Gasteiger partial charge in [0, 0.05) is 12.8 Å². The SMILES string of the molecule is C[C@H](OC(=O)c1ccc(S(C)(=O)=O)cc1)C(=O)NCCc1ccccc1. The third-order valence-corrected chi connectivity index (χ3v) is 4.86. The molecule has 0 spiro atoms.